The molecule has 5 nitrogen and oxygen atoms in total. The summed E-state index contributed by atoms with van der Waals surface area (Å²) in [6.07, 6.45) is 3.01. The van der Waals surface area contributed by atoms with Crippen molar-refractivity contribution in [1.82, 2.24) is 4.98 Å². The fourth-order valence-corrected chi connectivity index (χ4v) is 1.95. The van der Waals surface area contributed by atoms with Crippen molar-refractivity contribution in [1.29, 1.82) is 0 Å². The number of fused-ring (bicyclic) bond motifs is 1. The van der Waals surface area contributed by atoms with Crippen molar-refractivity contribution in [3.8, 4) is 11.5 Å². The van der Waals surface area contributed by atoms with Gasteiger partial charge in [-0.15, -0.1) is 0 Å². The van der Waals surface area contributed by atoms with Gasteiger partial charge in [0, 0.05) is 17.3 Å². The Balaban J connectivity index is 1.98. The zero-order chi connectivity index (χ0) is 13.2. The van der Waals surface area contributed by atoms with E-state index in [-0.39, 0.29) is 5.78 Å². The number of aromatic nitrogens is 1. The minimum Gasteiger partial charge on any atom is -0.486 e. The Hall–Kier alpha value is -2.56. The van der Waals surface area contributed by atoms with Gasteiger partial charge in [-0.25, -0.2) is 0 Å². The first-order valence-corrected chi connectivity index (χ1v) is 5.89. The Morgan fingerprint density at radius 3 is 2.74 bits per heavy atom. The van der Waals surface area contributed by atoms with Crippen LogP contribution in [-0.2, 0) is 0 Å². The van der Waals surface area contributed by atoms with Crippen LogP contribution in [0.1, 0.15) is 15.9 Å². The Labute approximate surface area is 110 Å². The number of rotatable bonds is 2. The van der Waals surface area contributed by atoms with Gasteiger partial charge in [-0.3, -0.25) is 9.78 Å². The largest absolute Gasteiger partial charge is 0.486 e. The normalized spacial score (nSPS) is 13.1. The number of carbonyl (C=O) groups is 1. The number of hydrogen-bond donors (Lipinski definition) is 1. The van der Waals surface area contributed by atoms with Gasteiger partial charge in [0.25, 0.3) is 0 Å². The van der Waals surface area contributed by atoms with Gasteiger partial charge in [0.05, 0.1) is 11.9 Å². The third kappa shape index (κ3) is 2.10. The van der Waals surface area contributed by atoms with Crippen LogP contribution < -0.4 is 15.2 Å². The molecule has 96 valence electrons. The second-order valence-electron chi connectivity index (χ2n) is 4.15. The first kappa shape index (κ1) is 11.5. The monoisotopic (exact) mass is 256 g/mol. The molecule has 0 bridgehead atoms. The van der Waals surface area contributed by atoms with E-state index in [0.717, 1.165) is 0 Å². The predicted molar refractivity (Wildman–Crippen MR) is 69.5 cm³/mol. The summed E-state index contributed by atoms with van der Waals surface area (Å²) in [5.41, 5.74) is 7.07. The van der Waals surface area contributed by atoms with Crippen LogP contribution in [-0.4, -0.2) is 24.0 Å². The van der Waals surface area contributed by atoms with E-state index in [4.69, 9.17) is 15.2 Å². The highest BCUT2D eigenvalue weighted by Gasteiger charge is 2.17. The summed E-state index contributed by atoms with van der Waals surface area (Å²) in [6.45, 7) is 1.01. The smallest absolute Gasteiger partial charge is 0.195 e. The summed E-state index contributed by atoms with van der Waals surface area (Å²) in [6, 6.07) is 6.72. The molecule has 0 aliphatic carbocycles. The van der Waals surface area contributed by atoms with Gasteiger partial charge < -0.3 is 15.2 Å². The third-order valence-corrected chi connectivity index (χ3v) is 2.90. The minimum absolute atomic E-state index is 0.156. The van der Waals surface area contributed by atoms with Crippen molar-refractivity contribution in [2.45, 2.75) is 0 Å². The van der Waals surface area contributed by atoms with E-state index < -0.39 is 0 Å². The zero-order valence-corrected chi connectivity index (χ0v) is 10.1. The summed E-state index contributed by atoms with van der Waals surface area (Å²) in [7, 11) is 0. The number of ether oxygens (including phenoxy) is 2. The number of benzene rings is 1. The summed E-state index contributed by atoms with van der Waals surface area (Å²) >= 11 is 0. The maximum Gasteiger partial charge on any atom is 0.195 e. The van der Waals surface area contributed by atoms with Crippen molar-refractivity contribution in [2.75, 3.05) is 18.9 Å². The molecule has 0 atom stereocenters. The molecule has 2 N–H and O–H groups in total. The number of nitrogen functional groups attached to an aromatic ring is 1. The summed E-state index contributed by atoms with van der Waals surface area (Å²) in [5.74, 6) is 1.09. The third-order valence-electron chi connectivity index (χ3n) is 2.90. The molecule has 1 aromatic heterocycles. The molecule has 1 aromatic carbocycles. The van der Waals surface area contributed by atoms with Crippen LogP contribution in [0.4, 0.5) is 5.69 Å². The molecule has 5 heteroatoms. The second kappa shape index (κ2) is 4.61. The van der Waals surface area contributed by atoms with Gasteiger partial charge in [-0.05, 0) is 24.3 Å². The lowest BCUT2D eigenvalue weighted by Crippen LogP contribution is -2.16. The van der Waals surface area contributed by atoms with E-state index in [0.29, 0.717) is 41.5 Å². The van der Waals surface area contributed by atoms with Gasteiger partial charge >= 0.3 is 0 Å². The average Bonchev–Trinajstić information content (AvgIpc) is 2.46. The molecule has 0 amide bonds. The molecule has 0 spiro atoms. The summed E-state index contributed by atoms with van der Waals surface area (Å²) in [5, 5.41) is 0. The molecule has 0 saturated heterocycles. The van der Waals surface area contributed by atoms with E-state index in [2.05, 4.69) is 4.98 Å². The number of pyridine rings is 1. The maximum atomic E-state index is 12.3. The van der Waals surface area contributed by atoms with Crippen LogP contribution >= 0.6 is 0 Å². The highest BCUT2D eigenvalue weighted by Crippen LogP contribution is 2.31. The zero-order valence-electron chi connectivity index (χ0n) is 10.1. The van der Waals surface area contributed by atoms with Gasteiger partial charge in [-0.2, -0.15) is 0 Å². The molecule has 19 heavy (non-hydrogen) atoms. The van der Waals surface area contributed by atoms with Crippen LogP contribution in [0.15, 0.2) is 36.7 Å². The lowest BCUT2D eigenvalue weighted by Gasteiger charge is -2.18. The fraction of sp³-hybridized carbons (Fsp3) is 0.143. The number of carbonyl (C=O) groups excluding carboxylic acids is 1. The number of nitrogens with zero attached hydrogens (tertiary/aromatic N) is 1. The number of nitrogens with two attached hydrogens (primary N) is 1. The van der Waals surface area contributed by atoms with E-state index in [1.54, 1.807) is 30.5 Å². The van der Waals surface area contributed by atoms with Crippen molar-refractivity contribution in [2.24, 2.45) is 0 Å². The van der Waals surface area contributed by atoms with Crippen LogP contribution in [0.25, 0.3) is 0 Å². The topological polar surface area (TPSA) is 74.4 Å². The number of anilines is 1. The molecule has 3 rings (SSSR count). The quantitative estimate of drug-likeness (QED) is 0.827. The number of hydrogen-bond acceptors (Lipinski definition) is 5. The van der Waals surface area contributed by atoms with Crippen molar-refractivity contribution in [3.05, 3.63) is 47.8 Å². The molecule has 0 radical (unpaired) electrons. The van der Waals surface area contributed by atoms with E-state index in [1.807, 2.05) is 0 Å². The second-order valence-corrected chi connectivity index (χ2v) is 4.15. The molecule has 2 aromatic rings. The molecular formula is C14H12N2O3. The van der Waals surface area contributed by atoms with Gasteiger partial charge in [0.15, 0.2) is 17.3 Å². The molecule has 2 heterocycles. The molecular weight excluding hydrogens is 244 g/mol. The lowest BCUT2D eigenvalue weighted by atomic mass is 10.0. The maximum absolute atomic E-state index is 12.3. The van der Waals surface area contributed by atoms with Gasteiger partial charge in [-0.1, -0.05) is 0 Å². The van der Waals surface area contributed by atoms with Crippen LogP contribution in [0.3, 0.4) is 0 Å². The summed E-state index contributed by atoms with van der Waals surface area (Å²) in [4.78, 5) is 16.2. The first-order valence-electron chi connectivity index (χ1n) is 5.89. The fourth-order valence-electron chi connectivity index (χ4n) is 1.95. The van der Waals surface area contributed by atoms with Crippen molar-refractivity contribution >= 4 is 11.5 Å². The van der Waals surface area contributed by atoms with Crippen LogP contribution in [0.5, 0.6) is 11.5 Å². The van der Waals surface area contributed by atoms with Crippen molar-refractivity contribution in [3.63, 3.8) is 0 Å². The van der Waals surface area contributed by atoms with Crippen LogP contribution in [0, 0.1) is 0 Å². The average molecular weight is 256 g/mol. The Morgan fingerprint density at radius 2 is 1.95 bits per heavy atom. The highest BCUT2D eigenvalue weighted by molar-refractivity contribution is 6.12. The molecule has 1 aliphatic heterocycles. The Morgan fingerprint density at radius 1 is 1.16 bits per heavy atom. The van der Waals surface area contributed by atoms with E-state index in [1.165, 1.54) is 6.20 Å². The molecule has 0 saturated carbocycles. The Bertz CT molecular complexity index is 640. The van der Waals surface area contributed by atoms with Gasteiger partial charge in [0.1, 0.15) is 13.2 Å². The minimum atomic E-state index is -0.156. The lowest BCUT2D eigenvalue weighted by molar-refractivity contribution is 0.103. The van der Waals surface area contributed by atoms with E-state index in [9.17, 15) is 4.79 Å². The SMILES string of the molecule is Nc1cnccc1C(=O)c1ccc2c(c1)OCCO2. The van der Waals surface area contributed by atoms with E-state index >= 15 is 0 Å². The predicted octanol–water partition coefficient (Wildman–Crippen LogP) is 1.67. The van der Waals surface area contributed by atoms with Crippen molar-refractivity contribution < 1.29 is 14.3 Å². The molecule has 0 unspecified atom stereocenters. The highest BCUT2D eigenvalue weighted by atomic mass is 16.6. The number of ketones is 1. The molecule has 0 fully saturated rings. The summed E-state index contributed by atoms with van der Waals surface area (Å²) < 4.78 is 10.9. The van der Waals surface area contributed by atoms with Gasteiger partial charge in [0.2, 0.25) is 0 Å². The van der Waals surface area contributed by atoms with Crippen LogP contribution in [0.2, 0.25) is 0 Å². The standard InChI is InChI=1S/C14H12N2O3/c15-11-8-16-4-3-10(11)14(17)9-1-2-12-13(7-9)19-6-5-18-12/h1-4,7-8H,5-6,15H2. The first-order chi connectivity index (χ1) is 9.25. The Kier molecular flexibility index (Phi) is 2.79. The molecule has 1 aliphatic rings.